The molecule has 0 atom stereocenters. The number of aromatic hydroxyl groups is 2. The van der Waals surface area contributed by atoms with Crippen LogP contribution in [0.15, 0.2) is 48.5 Å². The van der Waals surface area contributed by atoms with E-state index in [1.165, 1.54) is 24.6 Å². The van der Waals surface area contributed by atoms with Gasteiger partial charge in [0.2, 0.25) is 0 Å². The first-order chi connectivity index (χ1) is 10.0. The van der Waals surface area contributed by atoms with Crippen LogP contribution in [0.2, 0.25) is 0 Å². The van der Waals surface area contributed by atoms with Crippen molar-refractivity contribution >= 4 is 43.0 Å². The molecule has 0 fully saturated rings. The number of carbonyl (C=O) groups excluding carboxylic acids is 1. The van der Waals surface area contributed by atoms with Crippen LogP contribution in [-0.4, -0.2) is 16.0 Å². The smallest absolute Gasteiger partial charge is 0.159 e. The molecular formula is C16H18I2O3. The number of carbonyl (C=O) groups is 1. The van der Waals surface area contributed by atoms with Gasteiger partial charge in [-0.3, -0.25) is 4.79 Å². The largest absolute Gasteiger partial charge is 0.508 e. The third-order valence-electron chi connectivity index (χ3n) is 2.62. The van der Waals surface area contributed by atoms with Gasteiger partial charge in [0.25, 0.3) is 0 Å². The molecule has 0 spiro atoms. The standard InChI is InChI=1S/C8H8O2.C8H10O.I2/c1-6(9)7-2-4-8(10)5-3-7;1-2-7-3-5-8(9)6-4-7;1-2/h2-5,10H,1H3;3-6,9H,2H2,1H3;. The summed E-state index contributed by atoms with van der Waals surface area (Å²) in [5.74, 6) is 0.539. The zero-order chi connectivity index (χ0) is 16.3. The summed E-state index contributed by atoms with van der Waals surface area (Å²) in [6, 6.07) is 13.4. The summed E-state index contributed by atoms with van der Waals surface area (Å²) in [5, 5.41) is 17.7. The molecule has 3 nitrogen and oxygen atoms in total. The molecule has 2 aromatic carbocycles. The van der Waals surface area contributed by atoms with Crippen LogP contribution in [0.25, 0.3) is 0 Å². The predicted octanol–water partition coefficient (Wildman–Crippen LogP) is 5.32. The Morgan fingerprint density at radius 1 is 0.905 bits per heavy atom. The number of Topliss-reactive ketones (excluding diaryl/α,β-unsaturated/α-hetero) is 1. The van der Waals surface area contributed by atoms with E-state index in [2.05, 4.69) is 44.2 Å². The number of aryl methyl sites for hydroxylation is 1. The highest BCUT2D eigenvalue weighted by atomic mass is 128. The Balaban J connectivity index is 0.000000342. The predicted molar refractivity (Wildman–Crippen MR) is 104 cm³/mol. The molecule has 21 heavy (non-hydrogen) atoms. The Bertz CT molecular complexity index is 522. The number of hydrogen-bond acceptors (Lipinski definition) is 3. The molecule has 0 aliphatic rings. The minimum atomic E-state index is 0.0139. The average molecular weight is 512 g/mol. The molecule has 0 unspecified atom stereocenters. The Morgan fingerprint density at radius 2 is 1.29 bits per heavy atom. The molecule has 0 radical (unpaired) electrons. The van der Waals surface area contributed by atoms with Crippen LogP contribution in [-0.2, 0) is 6.42 Å². The highest BCUT2D eigenvalue weighted by molar-refractivity contribution is 15.0. The van der Waals surface area contributed by atoms with E-state index in [0.29, 0.717) is 11.3 Å². The number of halogens is 2. The third kappa shape index (κ3) is 8.92. The molecule has 2 aromatic rings. The molecule has 0 aromatic heterocycles. The van der Waals surface area contributed by atoms with Gasteiger partial charge in [0.1, 0.15) is 11.5 Å². The van der Waals surface area contributed by atoms with E-state index < -0.39 is 0 Å². The lowest BCUT2D eigenvalue weighted by molar-refractivity contribution is 0.101. The van der Waals surface area contributed by atoms with Gasteiger partial charge in [0.05, 0.1) is 0 Å². The summed E-state index contributed by atoms with van der Waals surface area (Å²) < 4.78 is 0. The third-order valence-corrected chi connectivity index (χ3v) is 2.62. The summed E-state index contributed by atoms with van der Waals surface area (Å²) in [6.45, 7) is 3.58. The van der Waals surface area contributed by atoms with Gasteiger partial charge < -0.3 is 10.2 Å². The second-order valence-electron chi connectivity index (χ2n) is 4.12. The quantitative estimate of drug-likeness (QED) is 0.423. The summed E-state index contributed by atoms with van der Waals surface area (Å²) in [6.07, 6.45) is 1.03. The van der Waals surface area contributed by atoms with E-state index in [4.69, 9.17) is 10.2 Å². The van der Waals surface area contributed by atoms with Gasteiger partial charge in [-0.1, -0.05) is 19.1 Å². The zero-order valence-corrected chi connectivity index (χ0v) is 16.2. The summed E-state index contributed by atoms with van der Waals surface area (Å²) in [7, 11) is 0. The van der Waals surface area contributed by atoms with Crippen LogP contribution in [0.4, 0.5) is 0 Å². The Labute approximate surface area is 148 Å². The van der Waals surface area contributed by atoms with Gasteiger partial charge in [0, 0.05) is 42.8 Å². The van der Waals surface area contributed by atoms with Crippen LogP contribution in [0.5, 0.6) is 11.5 Å². The molecule has 0 aliphatic carbocycles. The average Bonchev–Trinajstić information content (AvgIpc) is 2.51. The molecule has 0 saturated heterocycles. The van der Waals surface area contributed by atoms with E-state index >= 15 is 0 Å². The Morgan fingerprint density at radius 3 is 1.62 bits per heavy atom. The molecule has 0 heterocycles. The monoisotopic (exact) mass is 512 g/mol. The molecule has 114 valence electrons. The molecule has 5 heteroatoms. The second-order valence-corrected chi connectivity index (χ2v) is 4.12. The van der Waals surface area contributed by atoms with Gasteiger partial charge in [-0.2, -0.15) is 0 Å². The summed E-state index contributed by atoms with van der Waals surface area (Å²) >= 11 is 4.24. The molecule has 2 N–H and O–H groups in total. The van der Waals surface area contributed by atoms with Crippen molar-refractivity contribution in [3.8, 4) is 11.5 Å². The highest BCUT2D eigenvalue weighted by Crippen LogP contribution is 2.10. The Hall–Kier alpha value is -0.830. The maximum absolute atomic E-state index is 10.7. The Kier molecular flexibility index (Phi) is 11.3. The number of phenols is 2. The molecular weight excluding hydrogens is 494 g/mol. The molecule has 2 rings (SSSR count). The zero-order valence-electron chi connectivity index (χ0n) is 11.9. The van der Waals surface area contributed by atoms with E-state index in [1.54, 1.807) is 24.3 Å². The van der Waals surface area contributed by atoms with E-state index in [-0.39, 0.29) is 11.5 Å². The molecule has 0 amide bonds. The van der Waals surface area contributed by atoms with Gasteiger partial charge in [-0.15, -0.1) is 0 Å². The number of ketones is 1. The fraction of sp³-hybridized carbons (Fsp3) is 0.188. The first-order valence-electron chi connectivity index (χ1n) is 6.25. The lowest BCUT2D eigenvalue weighted by atomic mass is 10.1. The van der Waals surface area contributed by atoms with Gasteiger partial charge >= 0.3 is 0 Å². The van der Waals surface area contributed by atoms with Crippen molar-refractivity contribution in [3.63, 3.8) is 0 Å². The maximum atomic E-state index is 10.7. The maximum Gasteiger partial charge on any atom is 0.159 e. The first-order valence-corrected chi connectivity index (χ1v) is 12.5. The summed E-state index contributed by atoms with van der Waals surface area (Å²) in [4.78, 5) is 10.7. The van der Waals surface area contributed by atoms with Gasteiger partial charge in [-0.05, 0) is 55.3 Å². The van der Waals surface area contributed by atoms with Crippen LogP contribution < -0.4 is 0 Å². The van der Waals surface area contributed by atoms with Crippen molar-refractivity contribution < 1.29 is 15.0 Å². The van der Waals surface area contributed by atoms with Gasteiger partial charge in [0.15, 0.2) is 5.78 Å². The highest BCUT2D eigenvalue weighted by Gasteiger charge is 1.96. The van der Waals surface area contributed by atoms with Crippen molar-refractivity contribution in [2.45, 2.75) is 20.3 Å². The number of rotatable bonds is 2. The van der Waals surface area contributed by atoms with E-state index in [9.17, 15) is 4.79 Å². The second kappa shape index (κ2) is 11.8. The van der Waals surface area contributed by atoms with Crippen LogP contribution >= 0.6 is 37.2 Å². The van der Waals surface area contributed by atoms with Crippen molar-refractivity contribution in [1.29, 1.82) is 0 Å². The lowest BCUT2D eigenvalue weighted by Gasteiger charge is -1.93. The van der Waals surface area contributed by atoms with Crippen molar-refractivity contribution in [3.05, 3.63) is 59.7 Å². The number of benzene rings is 2. The van der Waals surface area contributed by atoms with E-state index in [0.717, 1.165) is 6.42 Å². The minimum absolute atomic E-state index is 0.0139. The van der Waals surface area contributed by atoms with Crippen LogP contribution in [0, 0.1) is 0 Å². The first kappa shape index (κ1) is 20.2. The molecule has 0 saturated carbocycles. The number of hydrogen-bond donors (Lipinski definition) is 2. The minimum Gasteiger partial charge on any atom is -0.508 e. The van der Waals surface area contributed by atoms with Crippen molar-refractivity contribution in [2.75, 3.05) is 0 Å². The normalized spacial score (nSPS) is 8.76. The van der Waals surface area contributed by atoms with Gasteiger partial charge in [-0.25, -0.2) is 0 Å². The fourth-order valence-electron chi connectivity index (χ4n) is 1.43. The topological polar surface area (TPSA) is 57.5 Å². The van der Waals surface area contributed by atoms with Crippen LogP contribution in [0.1, 0.15) is 29.8 Å². The summed E-state index contributed by atoms with van der Waals surface area (Å²) in [5.41, 5.74) is 1.88. The number of phenolic OH excluding ortho intramolecular Hbond substituents is 2. The molecule has 0 bridgehead atoms. The van der Waals surface area contributed by atoms with E-state index in [1.807, 2.05) is 12.1 Å². The van der Waals surface area contributed by atoms with Crippen molar-refractivity contribution in [2.24, 2.45) is 0 Å². The fourth-order valence-corrected chi connectivity index (χ4v) is 1.43. The SMILES string of the molecule is CC(=O)c1ccc(O)cc1.CCc1ccc(O)cc1.II. The molecule has 0 aliphatic heterocycles. The van der Waals surface area contributed by atoms with Crippen LogP contribution in [0.3, 0.4) is 0 Å². The van der Waals surface area contributed by atoms with Crippen molar-refractivity contribution in [1.82, 2.24) is 0 Å². The lowest BCUT2D eigenvalue weighted by Crippen LogP contribution is -1.89.